The summed E-state index contributed by atoms with van der Waals surface area (Å²) in [4.78, 5) is 13.2. The Balaban J connectivity index is 2.83. The summed E-state index contributed by atoms with van der Waals surface area (Å²) in [5, 5.41) is 3.20. The van der Waals surface area contributed by atoms with E-state index in [0.717, 1.165) is 0 Å². The first-order chi connectivity index (χ1) is 7.58. The van der Waals surface area contributed by atoms with Crippen LogP contribution in [-0.2, 0) is 0 Å². The summed E-state index contributed by atoms with van der Waals surface area (Å²) in [5.74, 6) is 0.652. The Morgan fingerprint density at radius 3 is 2.81 bits per heavy atom. The number of hydrogen-bond acceptors (Lipinski definition) is 2. The Morgan fingerprint density at radius 2 is 2.25 bits per heavy atom. The number of methoxy groups -OCH3 is 1. The normalized spacial score (nSPS) is 9.75. The van der Waals surface area contributed by atoms with Crippen LogP contribution in [-0.4, -0.2) is 31.6 Å². The van der Waals surface area contributed by atoms with Crippen molar-refractivity contribution in [1.82, 2.24) is 4.90 Å². The lowest BCUT2D eigenvalue weighted by Crippen LogP contribution is -2.31. The van der Waals surface area contributed by atoms with Crippen molar-refractivity contribution in [2.45, 2.75) is 6.92 Å². The van der Waals surface area contributed by atoms with Gasteiger partial charge in [0, 0.05) is 19.7 Å². The standard InChI is InChI=1S/C11H15ClN2O2/c1-4-14(2)11(15)13-10-7-8(16-3)5-6-9(10)12/h5-7H,4H2,1-3H3,(H,13,15). The zero-order valence-corrected chi connectivity index (χ0v) is 10.3. The molecule has 0 heterocycles. The Kier molecular flexibility index (Phi) is 4.43. The average molecular weight is 243 g/mol. The molecule has 0 saturated carbocycles. The number of urea groups is 1. The van der Waals surface area contributed by atoms with E-state index < -0.39 is 0 Å². The van der Waals surface area contributed by atoms with Crippen molar-refractivity contribution in [2.75, 3.05) is 26.0 Å². The number of rotatable bonds is 3. The molecule has 0 aliphatic rings. The third-order valence-corrected chi connectivity index (χ3v) is 2.57. The molecule has 1 N–H and O–H groups in total. The SMILES string of the molecule is CCN(C)C(=O)Nc1cc(OC)ccc1Cl. The van der Waals surface area contributed by atoms with Gasteiger partial charge in [-0.3, -0.25) is 0 Å². The van der Waals surface area contributed by atoms with E-state index in [-0.39, 0.29) is 6.03 Å². The quantitative estimate of drug-likeness (QED) is 0.886. The van der Waals surface area contributed by atoms with E-state index in [1.165, 1.54) is 0 Å². The molecule has 1 rings (SSSR count). The maximum atomic E-state index is 11.6. The number of nitrogens with zero attached hydrogens (tertiary/aromatic N) is 1. The molecule has 0 aliphatic carbocycles. The first-order valence-corrected chi connectivity index (χ1v) is 5.32. The Hall–Kier alpha value is -1.42. The van der Waals surface area contributed by atoms with Gasteiger partial charge in [-0.25, -0.2) is 4.79 Å². The van der Waals surface area contributed by atoms with Crippen molar-refractivity contribution in [3.63, 3.8) is 0 Å². The number of carbonyl (C=O) groups excluding carboxylic acids is 1. The van der Waals surface area contributed by atoms with E-state index in [1.54, 1.807) is 37.3 Å². The molecule has 0 unspecified atom stereocenters. The van der Waals surface area contributed by atoms with Gasteiger partial charge in [0.1, 0.15) is 5.75 Å². The van der Waals surface area contributed by atoms with Crippen LogP contribution in [0.2, 0.25) is 5.02 Å². The van der Waals surface area contributed by atoms with Gasteiger partial charge in [-0.05, 0) is 19.1 Å². The third-order valence-electron chi connectivity index (χ3n) is 2.24. The largest absolute Gasteiger partial charge is 0.497 e. The van der Waals surface area contributed by atoms with Crippen LogP contribution < -0.4 is 10.1 Å². The molecule has 0 fully saturated rings. The molecule has 0 atom stereocenters. The number of benzene rings is 1. The molecule has 4 nitrogen and oxygen atoms in total. The van der Waals surface area contributed by atoms with Crippen molar-refractivity contribution in [3.05, 3.63) is 23.2 Å². The molecule has 88 valence electrons. The monoisotopic (exact) mass is 242 g/mol. The highest BCUT2D eigenvalue weighted by Gasteiger charge is 2.09. The van der Waals surface area contributed by atoms with E-state index in [1.807, 2.05) is 6.92 Å². The van der Waals surface area contributed by atoms with E-state index >= 15 is 0 Å². The molecule has 1 aromatic rings. The summed E-state index contributed by atoms with van der Waals surface area (Å²) in [5.41, 5.74) is 0.548. The average Bonchev–Trinajstić information content (AvgIpc) is 2.30. The third kappa shape index (κ3) is 3.03. The second kappa shape index (κ2) is 5.61. The van der Waals surface area contributed by atoms with E-state index in [2.05, 4.69) is 5.32 Å². The summed E-state index contributed by atoms with van der Waals surface area (Å²) >= 11 is 5.96. The summed E-state index contributed by atoms with van der Waals surface area (Å²) in [6.07, 6.45) is 0. The van der Waals surface area contributed by atoms with Gasteiger partial charge in [-0.2, -0.15) is 0 Å². The summed E-state index contributed by atoms with van der Waals surface area (Å²) in [7, 11) is 3.27. The van der Waals surface area contributed by atoms with Crippen LogP contribution in [0.3, 0.4) is 0 Å². The fourth-order valence-corrected chi connectivity index (χ4v) is 1.25. The highest BCUT2D eigenvalue weighted by Crippen LogP contribution is 2.26. The van der Waals surface area contributed by atoms with Gasteiger partial charge in [0.15, 0.2) is 0 Å². The predicted octanol–water partition coefficient (Wildman–Crippen LogP) is 2.83. The molecule has 16 heavy (non-hydrogen) atoms. The molecule has 0 spiro atoms. The van der Waals surface area contributed by atoms with Crippen LogP contribution in [0.25, 0.3) is 0 Å². The lowest BCUT2D eigenvalue weighted by Gasteiger charge is -2.16. The molecular formula is C11H15ClN2O2. The lowest BCUT2D eigenvalue weighted by atomic mass is 10.3. The number of hydrogen-bond donors (Lipinski definition) is 1. The topological polar surface area (TPSA) is 41.6 Å². The summed E-state index contributed by atoms with van der Waals surface area (Å²) < 4.78 is 5.05. The molecule has 0 saturated heterocycles. The van der Waals surface area contributed by atoms with Gasteiger partial charge in [-0.15, -0.1) is 0 Å². The molecule has 0 aliphatic heterocycles. The highest BCUT2D eigenvalue weighted by atomic mass is 35.5. The van der Waals surface area contributed by atoms with Crippen LogP contribution in [0.15, 0.2) is 18.2 Å². The molecule has 2 amide bonds. The fraction of sp³-hybridized carbons (Fsp3) is 0.364. The second-order valence-electron chi connectivity index (χ2n) is 3.29. The van der Waals surface area contributed by atoms with Crippen molar-refractivity contribution < 1.29 is 9.53 Å². The first kappa shape index (κ1) is 12.6. The summed E-state index contributed by atoms with van der Waals surface area (Å²) in [6.45, 7) is 2.53. The van der Waals surface area contributed by atoms with Crippen LogP contribution in [0.5, 0.6) is 5.75 Å². The maximum absolute atomic E-state index is 11.6. The molecule has 0 radical (unpaired) electrons. The van der Waals surface area contributed by atoms with Crippen LogP contribution in [0.4, 0.5) is 10.5 Å². The van der Waals surface area contributed by atoms with Gasteiger partial charge in [0.25, 0.3) is 0 Å². The molecule has 5 heteroatoms. The van der Waals surface area contributed by atoms with Gasteiger partial charge >= 0.3 is 6.03 Å². The van der Waals surface area contributed by atoms with Crippen molar-refractivity contribution in [1.29, 1.82) is 0 Å². The zero-order valence-electron chi connectivity index (χ0n) is 9.58. The Morgan fingerprint density at radius 1 is 1.56 bits per heavy atom. The van der Waals surface area contributed by atoms with Gasteiger partial charge in [0.2, 0.25) is 0 Å². The van der Waals surface area contributed by atoms with Crippen LogP contribution >= 0.6 is 11.6 Å². The highest BCUT2D eigenvalue weighted by molar-refractivity contribution is 6.33. The van der Waals surface area contributed by atoms with Crippen molar-refractivity contribution >= 4 is 23.3 Å². The minimum atomic E-state index is -0.197. The van der Waals surface area contributed by atoms with E-state index in [4.69, 9.17) is 16.3 Å². The fourth-order valence-electron chi connectivity index (χ4n) is 1.08. The lowest BCUT2D eigenvalue weighted by molar-refractivity contribution is 0.224. The van der Waals surface area contributed by atoms with Gasteiger partial charge in [0.05, 0.1) is 17.8 Å². The molecular weight excluding hydrogens is 228 g/mol. The predicted molar refractivity (Wildman–Crippen MR) is 65.3 cm³/mol. The Bertz CT molecular complexity index is 382. The molecule has 0 bridgehead atoms. The van der Waals surface area contributed by atoms with Gasteiger partial charge in [-0.1, -0.05) is 11.6 Å². The number of anilines is 1. The van der Waals surface area contributed by atoms with Crippen LogP contribution in [0, 0.1) is 0 Å². The minimum absolute atomic E-state index is 0.197. The molecule has 1 aromatic carbocycles. The maximum Gasteiger partial charge on any atom is 0.321 e. The number of nitrogens with one attached hydrogen (secondary N) is 1. The van der Waals surface area contributed by atoms with E-state index in [9.17, 15) is 4.79 Å². The smallest absolute Gasteiger partial charge is 0.321 e. The number of amides is 2. The summed E-state index contributed by atoms with van der Waals surface area (Å²) in [6, 6.07) is 4.91. The number of halogens is 1. The number of carbonyl (C=O) groups is 1. The second-order valence-corrected chi connectivity index (χ2v) is 3.70. The number of ether oxygens (including phenoxy) is 1. The van der Waals surface area contributed by atoms with Gasteiger partial charge < -0.3 is 15.0 Å². The zero-order chi connectivity index (χ0) is 12.1. The van der Waals surface area contributed by atoms with Crippen LogP contribution in [0.1, 0.15) is 6.92 Å². The Labute approximate surface area is 100 Å². The molecule has 0 aromatic heterocycles. The minimum Gasteiger partial charge on any atom is -0.497 e. The van der Waals surface area contributed by atoms with E-state index in [0.29, 0.717) is 23.0 Å². The first-order valence-electron chi connectivity index (χ1n) is 4.94. The van der Waals surface area contributed by atoms with Crippen molar-refractivity contribution in [2.24, 2.45) is 0 Å². The van der Waals surface area contributed by atoms with Crippen molar-refractivity contribution in [3.8, 4) is 5.75 Å².